The van der Waals surface area contributed by atoms with E-state index >= 15 is 0 Å². The molecule has 0 fully saturated rings. The van der Waals surface area contributed by atoms with Crippen LogP contribution in [-0.2, 0) is 4.79 Å². The van der Waals surface area contributed by atoms with Crippen molar-refractivity contribution in [2.75, 3.05) is 14.2 Å². The molecule has 0 aromatic heterocycles. The number of phenolic OH excluding ortho intramolecular Hbond substituents is 1. The quantitative estimate of drug-likeness (QED) is 0.838. The Kier molecular flexibility index (Phi) is 4.55. The van der Waals surface area contributed by atoms with Crippen LogP contribution in [0, 0.1) is 0 Å². The van der Waals surface area contributed by atoms with Gasteiger partial charge in [0.1, 0.15) is 6.04 Å². The van der Waals surface area contributed by atoms with E-state index in [0.717, 1.165) is 5.56 Å². The van der Waals surface area contributed by atoms with Crippen molar-refractivity contribution in [2.24, 2.45) is 0 Å². The molecule has 1 aromatic rings. The van der Waals surface area contributed by atoms with Gasteiger partial charge in [0.2, 0.25) is 0 Å². The Balaban J connectivity index is 2.96. The molecule has 2 N–H and O–H groups in total. The molecule has 5 heteroatoms. The highest BCUT2D eigenvalue weighted by Crippen LogP contribution is 2.31. The number of carboxylic acid groups (broad SMARTS) is 1. The topological polar surface area (TPSA) is 70.0 Å². The Hall–Kier alpha value is -1.75. The molecule has 1 rings (SSSR count). The summed E-state index contributed by atoms with van der Waals surface area (Å²) in [5.74, 6) is -0.409. The molecule has 0 aliphatic carbocycles. The fourth-order valence-corrected chi connectivity index (χ4v) is 1.70. The minimum Gasteiger partial charge on any atom is -0.504 e. The van der Waals surface area contributed by atoms with Gasteiger partial charge in [-0.05, 0) is 38.6 Å². The second-order valence-corrected chi connectivity index (χ2v) is 4.29. The summed E-state index contributed by atoms with van der Waals surface area (Å²) in [6.45, 7) is 3.54. The number of rotatable bonds is 5. The number of hydrogen-bond donors (Lipinski definition) is 2. The van der Waals surface area contributed by atoms with Crippen molar-refractivity contribution < 1.29 is 19.7 Å². The van der Waals surface area contributed by atoms with Crippen molar-refractivity contribution in [3.05, 3.63) is 23.8 Å². The Labute approximate surface area is 107 Å². The van der Waals surface area contributed by atoms with Gasteiger partial charge in [-0.2, -0.15) is 0 Å². The van der Waals surface area contributed by atoms with E-state index in [0.29, 0.717) is 5.75 Å². The van der Waals surface area contributed by atoms with Gasteiger partial charge in [0, 0.05) is 6.04 Å². The number of ether oxygens (including phenoxy) is 1. The lowest BCUT2D eigenvalue weighted by atomic mass is 10.1. The largest absolute Gasteiger partial charge is 0.504 e. The van der Waals surface area contributed by atoms with Crippen LogP contribution in [0.2, 0.25) is 0 Å². The monoisotopic (exact) mass is 253 g/mol. The zero-order chi connectivity index (χ0) is 13.9. The molecule has 0 saturated carbocycles. The number of aliphatic carboxylic acids is 1. The standard InChI is InChI=1S/C13H19NO4/c1-8(14(3)9(2)13(16)17)10-5-6-11(15)12(7-10)18-4/h5-9,15H,1-4H3,(H,16,17). The van der Waals surface area contributed by atoms with Crippen LogP contribution in [0.15, 0.2) is 18.2 Å². The average molecular weight is 253 g/mol. The molecule has 0 heterocycles. The van der Waals surface area contributed by atoms with Crippen molar-refractivity contribution in [1.82, 2.24) is 4.90 Å². The van der Waals surface area contributed by atoms with Gasteiger partial charge >= 0.3 is 5.97 Å². The van der Waals surface area contributed by atoms with Crippen LogP contribution in [0.3, 0.4) is 0 Å². The van der Waals surface area contributed by atoms with Crippen LogP contribution in [0.4, 0.5) is 0 Å². The minimum absolute atomic E-state index is 0.0717. The Morgan fingerprint density at radius 1 is 1.39 bits per heavy atom. The lowest BCUT2D eigenvalue weighted by molar-refractivity contribution is -0.142. The molecule has 18 heavy (non-hydrogen) atoms. The number of hydrogen-bond acceptors (Lipinski definition) is 4. The van der Waals surface area contributed by atoms with Crippen molar-refractivity contribution >= 4 is 5.97 Å². The summed E-state index contributed by atoms with van der Waals surface area (Å²) < 4.78 is 5.04. The average Bonchev–Trinajstić information content (AvgIpc) is 2.36. The molecule has 0 amide bonds. The number of likely N-dealkylation sites (N-methyl/N-ethyl adjacent to an activating group) is 1. The number of methoxy groups -OCH3 is 1. The highest BCUT2D eigenvalue weighted by Gasteiger charge is 2.23. The number of carbonyl (C=O) groups is 1. The highest BCUT2D eigenvalue weighted by atomic mass is 16.5. The third-order valence-electron chi connectivity index (χ3n) is 3.27. The first kappa shape index (κ1) is 14.3. The minimum atomic E-state index is -0.866. The van der Waals surface area contributed by atoms with Crippen molar-refractivity contribution in [3.8, 4) is 11.5 Å². The Morgan fingerprint density at radius 3 is 2.50 bits per heavy atom. The van der Waals surface area contributed by atoms with Crippen LogP contribution >= 0.6 is 0 Å². The number of benzene rings is 1. The smallest absolute Gasteiger partial charge is 0.320 e. The molecule has 2 unspecified atom stereocenters. The summed E-state index contributed by atoms with van der Waals surface area (Å²) in [7, 11) is 3.23. The van der Waals surface area contributed by atoms with Gasteiger partial charge in [0.05, 0.1) is 7.11 Å². The molecule has 0 aliphatic heterocycles. The van der Waals surface area contributed by atoms with E-state index in [2.05, 4.69) is 0 Å². The zero-order valence-corrected chi connectivity index (χ0v) is 11.0. The van der Waals surface area contributed by atoms with Gasteiger partial charge in [-0.3, -0.25) is 9.69 Å². The first-order chi connectivity index (χ1) is 8.38. The Morgan fingerprint density at radius 2 is 2.00 bits per heavy atom. The maximum Gasteiger partial charge on any atom is 0.320 e. The van der Waals surface area contributed by atoms with Crippen LogP contribution < -0.4 is 4.74 Å². The maximum atomic E-state index is 10.9. The first-order valence-electron chi connectivity index (χ1n) is 5.70. The summed E-state index contributed by atoms with van der Waals surface area (Å²) in [5.41, 5.74) is 0.889. The predicted molar refractivity (Wildman–Crippen MR) is 67.9 cm³/mol. The number of nitrogens with zero attached hydrogens (tertiary/aromatic N) is 1. The third-order valence-corrected chi connectivity index (χ3v) is 3.27. The molecular weight excluding hydrogens is 234 g/mol. The van der Waals surface area contributed by atoms with Crippen molar-refractivity contribution in [2.45, 2.75) is 25.9 Å². The summed E-state index contributed by atoms with van der Waals surface area (Å²) >= 11 is 0. The number of phenols is 1. The molecule has 0 saturated heterocycles. The van der Waals surface area contributed by atoms with Crippen LogP contribution in [0.1, 0.15) is 25.5 Å². The van der Waals surface area contributed by atoms with Gasteiger partial charge < -0.3 is 14.9 Å². The normalized spacial score (nSPS) is 14.3. The Bertz CT molecular complexity index is 433. The SMILES string of the molecule is COc1cc(C(C)N(C)C(C)C(=O)O)ccc1O. The van der Waals surface area contributed by atoms with Gasteiger partial charge in [-0.1, -0.05) is 6.07 Å². The van der Waals surface area contributed by atoms with Gasteiger partial charge in [-0.25, -0.2) is 0 Å². The molecule has 5 nitrogen and oxygen atoms in total. The summed E-state index contributed by atoms with van der Waals surface area (Å²) in [6.07, 6.45) is 0. The molecular formula is C13H19NO4. The van der Waals surface area contributed by atoms with E-state index in [1.807, 2.05) is 6.92 Å². The summed E-state index contributed by atoms with van der Waals surface area (Å²) in [6, 6.07) is 4.34. The van der Waals surface area contributed by atoms with E-state index in [4.69, 9.17) is 9.84 Å². The highest BCUT2D eigenvalue weighted by molar-refractivity contribution is 5.72. The summed E-state index contributed by atoms with van der Waals surface area (Å²) in [4.78, 5) is 12.7. The molecule has 0 radical (unpaired) electrons. The van der Waals surface area contributed by atoms with Gasteiger partial charge in [-0.15, -0.1) is 0 Å². The molecule has 0 bridgehead atoms. The predicted octanol–water partition coefficient (Wildman–Crippen LogP) is 1.87. The molecule has 100 valence electrons. The first-order valence-corrected chi connectivity index (χ1v) is 5.70. The van der Waals surface area contributed by atoms with Gasteiger partial charge in [0.25, 0.3) is 0 Å². The summed E-state index contributed by atoms with van der Waals surface area (Å²) in [5, 5.41) is 18.5. The van der Waals surface area contributed by atoms with Gasteiger partial charge in [0.15, 0.2) is 11.5 Å². The lowest BCUT2D eigenvalue weighted by Gasteiger charge is -2.28. The van der Waals surface area contributed by atoms with Crippen molar-refractivity contribution in [1.29, 1.82) is 0 Å². The lowest BCUT2D eigenvalue weighted by Crippen LogP contribution is -2.37. The van der Waals surface area contributed by atoms with Crippen LogP contribution in [-0.4, -0.2) is 41.3 Å². The van der Waals surface area contributed by atoms with Crippen LogP contribution in [0.25, 0.3) is 0 Å². The number of aromatic hydroxyl groups is 1. The second kappa shape index (κ2) is 5.73. The van der Waals surface area contributed by atoms with E-state index in [1.165, 1.54) is 7.11 Å². The van der Waals surface area contributed by atoms with E-state index < -0.39 is 12.0 Å². The van der Waals surface area contributed by atoms with Crippen molar-refractivity contribution in [3.63, 3.8) is 0 Å². The third kappa shape index (κ3) is 2.92. The molecule has 0 aliphatic rings. The fourth-order valence-electron chi connectivity index (χ4n) is 1.70. The maximum absolute atomic E-state index is 10.9. The van der Waals surface area contributed by atoms with E-state index in [1.54, 1.807) is 37.1 Å². The van der Waals surface area contributed by atoms with E-state index in [9.17, 15) is 9.90 Å². The molecule has 2 atom stereocenters. The van der Waals surface area contributed by atoms with E-state index in [-0.39, 0.29) is 11.8 Å². The van der Waals surface area contributed by atoms with Crippen LogP contribution in [0.5, 0.6) is 11.5 Å². The molecule has 0 spiro atoms. The molecule has 1 aromatic carbocycles. The zero-order valence-electron chi connectivity index (χ0n) is 11.0. The second-order valence-electron chi connectivity index (χ2n) is 4.29. The fraction of sp³-hybridized carbons (Fsp3) is 0.462. The number of carboxylic acids is 1.